The molecule has 1 aromatic carbocycles. The predicted octanol–water partition coefficient (Wildman–Crippen LogP) is 2.79. The zero-order chi connectivity index (χ0) is 13.7. The third kappa shape index (κ3) is 3.71. The Morgan fingerprint density at radius 3 is 2.11 bits per heavy atom. The normalized spacial score (nSPS) is 15.7. The van der Waals surface area contributed by atoms with Crippen LogP contribution in [-0.4, -0.2) is 35.1 Å². The van der Waals surface area contributed by atoms with Crippen molar-refractivity contribution in [2.75, 3.05) is 18.4 Å². The zero-order valence-corrected chi connectivity index (χ0v) is 10.8. The highest BCUT2D eigenvalue weighted by Crippen LogP contribution is 2.13. The fourth-order valence-electron chi connectivity index (χ4n) is 2.17. The first kappa shape index (κ1) is 13.4. The lowest BCUT2D eigenvalue weighted by Gasteiger charge is -2.20. The first-order valence-corrected chi connectivity index (χ1v) is 6.56. The minimum absolute atomic E-state index is 0.107. The molecule has 5 nitrogen and oxygen atoms in total. The van der Waals surface area contributed by atoms with E-state index in [1.807, 2.05) is 4.90 Å². The van der Waals surface area contributed by atoms with E-state index < -0.39 is 5.97 Å². The van der Waals surface area contributed by atoms with Gasteiger partial charge in [-0.15, -0.1) is 0 Å². The van der Waals surface area contributed by atoms with Gasteiger partial charge < -0.3 is 15.3 Å². The Morgan fingerprint density at radius 2 is 1.58 bits per heavy atom. The fourth-order valence-corrected chi connectivity index (χ4v) is 2.17. The van der Waals surface area contributed by atoms with Crippen molar-refractivity contribution in [2.45, 2.75) is 25.7 Å². The molecule has 1 saturated heterocycles. The van der Waals surface area contributed by atoms with E-state index >= 15 is 0 Å². The predicted molar refractivity (Wildman–Crippen MR) is 72.5 cm³/mol. The molecule has 1 heterocycles. The molecular weight excluding hydrogens is 244 g/mol. The molecular formula is C14H18N2O3. The van der Waals surface area contributed by atoms with Gasteiger partial charge in [0.1, 0.15) is 0 Å². The van der Waals surface area contributed by atoms with Crippen LogP contribution in [0.4, 0.5) is 10.5 Å². The second kappa shape index (κ2) is 6.22. The van der Waals surface area contributed by atoms with Crippen molar-refractivity contribution in [3.63, 3.8) is 0 Å². The fraction of sp³-hybridized carbons (Fsp3) is 0.429. The van der Waals surface area contributed by atoms with Crippen LogP contribution in [0.1, 0.15) is 36.0 Å². The molecule has 0 spiro atoms. The van der Waals surface area contributed by atoms with E-state index in [4.69, 9.17) is 5.11 Å². The Bertz CT molecular complexity index is 448. The van der Waals surface area contributed by atoms with Crippen LogP contribution in [0.25, 0.3) is 0 Å². The van der Waals surface area contributed by atoms with Crippen LogP contribution in [0.5, 0.6) is 0 Å². The Labute approximate surface area is 112 Å². The average Bonchev–Trinajstić information content (AvgIpc) is 2.68. The number of aromatic carboxylic acids is 1. The number of carboxylic acid groups (broad SMARTS) is 1. The number of carbonyl (C=O) groups excluding carboxylic acids is 1. The van der Waals surface area contributed by atoms with Crippen LogP contribution in [0.15, 0.2) is 24.3 Å². The number of hydrogen-bond acceptors (Lipinski definition) is 2. The summed E-state index contributed by atoms with van der Waals surface area (Å²) in [5, 5.41) is 11.6. The van der Waals surface area contributed by atoms with Gasteiger partial charge in [0.25, 0.3) is 0 Å². The number of anilines is 1. The number of carboxylic acids is 1. The molecule has 0 aliphatic carbocycles. The highest BCUT2D eigenvalue weighted by molar-refractivity contribution is 5.91. The van der Waals surface area contributed by atoms with Gasteiger partial charge in [-0.2, -0.15) is 0 Å². The van der Waals surface area contributed by atoms with E-state index in [9.17, 15) is 9.59 Å². The van der Waals surface area contributed by atoms with Gasteiger partial charge in [0, 0.05) is 18.8 Å². The lowest BCUT2D eigenvalue weighted by molar-refractivity contribution is 0.0697. The van der Waals surface area contributed by atoms with E-state index in [-0.39, 0.29) is 11.6 Å². The minimum Gasteiger partial charge on any atom is -0.478 e. The quantitative estimate of drug-likeness (QED) is 0.861. The standard InChI is InChI=1S/C14H18N2O3/c17-13(18)11-5-7-12(8-6-11)15-14(19)16-9-3-1-2-4-10-16/h5-8H,1-4,9-10H2,(H,15,19)(H,17,18). The van der Waals surface area contributed by atoms with E-state index in [0.717, 1.165) is 25.9 Å². The topological polar surface area (TPSA) is 69.6 Å². The van der Waals surface area contributed by atoms with Gasteiger partial charge in [-0.05, 0) is 37.1 Å². The van der Waals surface area contributed by atoms with Gasteiger partial charge >= 0.3 is 12.0 Å². The van der Waals surface area contributed by atoms with Gasteiger partial charge in [0.2, 0.25) is 0 Å². The molecule has 0 bridgehead atoms. The van der Waals surface area contributed by atoms with Crippen molar-refractivity contribution in [3.05, 3.63) is 29.8 Å². The van der Waals surface area contributed by atoms with Crippen LogP contribution in [-0.2, 0) is 0 Å². The molecule has 102 valence electrons. The zero-order valence-electron chi connectivity index (χ0n) is 10.8. The van der Waals surface area contributed by atoms with Crippen LogP contribution >= 0.6 is 0 Å². The van der Waals surface area contributed by atoms with Crippen molar-refractivity contribution >= 4 is 17.7 Å². The van der Waals surface area contributed by atoms with E-state index in [1.54, 1.807) is 12.1 Å². The SMILES string of the molecule is O=C(O)c1ccc(NC(=O)N2CCCCCC2)cc1. The van der Waals surface area contributed by atoms with Gasteiger partial charge in [0.15, 0.2) is 0 Å². The summed E-state index contributed by atoms with van der Waals surface area (Å²) in [6.45, 7) is 1.58. The second-order valence-corrected chi connectivity index (χ2v) is 4.71. The Kier molecular flexibility index (Phi) is 4.39. The monoisotopic (exact) mass is 262 g/mol. The van der Waals surface area contributed by atoms with Crippen LogP contribution in [0, 0.1) is 0 Å². The number of hydrogen-bond donors (Lipinski definition) is 2. The Hall–Kier alpha value is -2.04. The average molecular weight is 262 g/mol. The highest BCUT2D eigenvalue weighted by atomic mass is 16.4. The molecule has 0 aromatic heterocycles. The van der Waals surface area contributed by atoms with E-state index in [2.05, 4.69) is 5.32 Å². The summed E-state index contributed by atoms with van der Waals surface area (Å²) < 4.78 is 0. The molecule has 1 aliphatic heterocycles. The van der Waals surface area contributed by atoms with Crippen LogP contribution in [0.2, 0.25) is 0 Å². The number of benzene rings is 1. The molecule has 1 aromatic rings. The maximum absolute atomic E-state index is 12.0. The molecule has 2 N–H and O–H groups in total. The first-order valence-electron chi connectivity index (χ1n) is 6.56. The van der Waals surface area contributed by atoms with Gasteiger partial charge in [-0.1, -0.05) is 12.8 Å². The summed E-state index contributed by atoms with van der Waals surface area (Å²) >= 11 is 0. The first-order chi connectivity index (χ1) is 9.16. The number of urea groups is 1. The molecule has 0 unspecified atom stereocenters. The number of rotatable bonds is 2. The lowest BCUT2D eigenvalue weighted by Crippen LogP contribution is -2.35. The summed E-state index contributed by atoms with van der Waals surface area (Å²) in [4.78, 5) is 24.6. The van der Waals surface area contributed by atoms with Crippen molar-refractivity contribution in [1.82, 2.24) is 4.90 Å². The minimum atomic E-state index is -0.967. The largest absolute Gasteiger partial charge is 0.478 e. The second-order valence-electron chi connectivity index (χ2n) is 4.71. The third-order valence-electron chi connectivity index (χ3n) is 3.28. The summed E-state index contributed by atoms with van der Waals surface area (Å²) in [6.07, 6.45) is 4.45. The molecule has 1 fully saturated rings. The summed E-state index contributed by atoms with van der Waals surface area (Å²) in [5.41, 5.74) is 0.840. The maximum atomic E-state index is 12.0. The van der Waals surface area contributed by atoms with E-state index in [0.29, 0.717) is 5.69 Å². The van der Waals surface area contributed by atoms with Crippen LogP contribution < -0.4 is 5.32 Å². The number of amides is 2. The summed E-state index contributed by atoms with van der Waals surface area (Å²) in [7, 11) is 0. The van der Waals surface area contributed by atoms with Crippen molar-refractivity contribution in [1.29, 1.82) is 0 Å². The summed E-state index contributed by atoms with van der Waals surface area (Å²) in [6, 6.07) is 6.09. The summed E-state index contributed by atoms with van der Waals surface area (Å²) in [5.74, 6) is -0.967. The number of carbonyl (C=O) groups is 2. The van der Waals surface area contributed by atoms with Crippen molar-refractivity contribution in [2.24, 2.45) is 0 Å². The smallest absolute Gasteiger partial charge is 0.335 e. The van der Waals surface area contributed by atoms with Crippen molar-refractivity contribution in [3.8, 4) is 0 Å². The molecule has 5 heteroatoms. The number of nitrogens with zero attached hydrogens (tertiary/aromatic N) is 1. The van der Waals surface area contributed by atoms with Gasteiger partial charge in [-0.3, -0.25) is 0 Å². The molecule has 0 atom stereocenters. The Morgan fingerprint density at radius 1 is 1.00 bits per heavy atom. The van der Waals surface area contributed by atoms with Gasteiger partial charge in [0.05, 0.1) is 5.56 Å². The molecule has 2 rings (SSSR count). The molecule has 1 aliphatic rings. The van der Waals surface area contributed by atoms with Crippen LogP contribution in [0.3, 0.4) is 0 Å². The number of likely N-dealkylation sites (tertiary alicyclic amines) is 1. The molecule has 0 radical (unpaired) electrons. The Balaban J connectivity index is 1.95. The van der Waals surface area contributed by atoms with Gasteiger partial charge in [-0.25, -0.2) is 9.59 Å². The van der Waals surface area contributed by atoms with E-state index in [1.165, 1.54) is 25.0 Å². The van der Waals surface area contributed by atoms with Crippen molar-refractivity contribution < 1.29 is 14.7 Å². The maximum Gasteiger partial charge on any atom is 0.335 e. The molecule has 2 amide bonds. The highest BCUT2D eigenvalue weighted by Gasteiger charge is 2.15. The lowest BCUT2D eigenvalue weighted by atomic mass is 10.2. The number of nitrogens with one attached hydrogen (secondary N) is 1. The molecule has 19 heavy (non-hydrogen) atoms. The molecule has 0 saturated carbocycles. The third-order valence-corrected chi connectivity index (χ3v) is 3.28.